The van der Waals surface area contributed by atoms with Crippen LogP contribution in [-0.4, -0.2) is 16.9 Å². The Balaban J connectivity index is 2.02. The maximum atomic E-state index is 12.0. The van der Waals surface area contributed by atoms with E-state index >= 15 is 0 Å². The number of aryl methyl sites for hydroxylation is 1. The van der Waals surface area contributed by atoms with E-state index in [9.17, 15) is 4.79 Å². The molecule has 4 nitrogen and oxygen atoms in total. The second kappa shape index (κ2) is 5.84. The van der Waals surface area contributed by atoms with Crippen molar-refractivity contribution >= 4 is 28.1 Å². The first-order chi connectivity index (χ1) is 9.08. The Kier molecular flexibility index (Phi) is 4.16. The Morgan fingerprint density at radius 3 is 2.84 bits per heavy atom. The zero-order valence-electron chi connectivity index (χ0n) is 11.2. The number of nitrogens with one attached hydrogen (secondary N) is 2. The van der Waals surface area contributed by atoms with Crippen molar-refractivity contribution in [2.24, 2.45) is 0 Å². The molecule has 2 rings (SSSR count). The van der Waals surface area contributed by atoms with Gasteiger partial charge in [0.2, 0.25) is 5.91 Å². The molecule has 100 valence electrons. The van der Waals surface area contributed by atoms with Crippen LogP contribution in [0.25, 0.3) is 0 Å². The lowest BCUT2D eigenvalue weighted by molar-refractivity contribution is -0.116. The highest BCUT2D eigenvalue weighted by Crippen LogP contribution is 2.19. The van der Waals surface area contributed by atoms with Crippen LogP contribution in [0.4, 0.5) is 10.8 Å². The molecule has 0 aliphatic heterocycles. The van der Waals surface area contributed by atoms with Crippen LogP contribution in [0.5, 0.6) is 0 Å². The average Bonchev–Trinajstić information content (AvgIpc) is 2.87. The van der Waals surface area contributed by atoms with Crippen LogP contribution in [0.2, 0.25) is 0 Å². The van der Waals surface area contributed by atoms with Gasteiger partial charge < -0.3 is 10.6 Å². The molecule has 0 aliphatic rings. The first-order valence-corrected chi connectivity index (χ1v) is 6.99. The molecule has 1 atom stereocenters. The van der Waals surface area contributed by atoms with Crippen LogP contribution >= 0.6 is 11.3 Å². The zero-order chi connectivity index (χ0) is 13.8. The number of carbonyl (C=O) groups is 1. The highest BCUT2D eigenvalue weighted by molar-refractivity contribution is 7.13. The van der Waals surface area contributed by atoms with Crippen LogP contribution in [0.1, 0.15) is 18.1 Å². The van der Waals surface area contributed by atoms with E-state index in [1.54, 1.807) is 6.20 Å². The molecule has 1 aromatic heterocycles. The summed E-state index contributed by atoms with van der Waals surface area (Å²) < 4.78 is 0. The van der Waals surface area contributed by atoms with Gasteiger partial charge in [0, 0.05) is 17.3 Å². The van der Waals surface area contributed by atoms with Crippen molar-refractivity contribution < 1.29 is 4.79 Å². The summed E-state index contributed by atoms with van der Waals surface area (Å²) in [7, 11) is 0. The first-order valence-electron chi connectivity index (χ1n) is 6.11. The van der Waals surface area contributed by atoms with Crippen molar-refractivity contribution in [3.8, 4) is 0 Å². The molecule has 1 aromatic carbocycles. The number of hydrogen-bond donors (Lipinski definition) is 2. The summed E-state index contributed by atoms with van der Waals surface area (Å²) in [4.78, 5) is 16.0. The summed E-state index contributed by atoms with van der Waals surface area (Å²) in [6.07, 6.45) is 1.67. The molecule has 0 fully saturated rings. The van der Waals surface area contributed by atoms with E-state index < -0.39 is 0 Å². The van der Waals surface area contributed by atoms with Crippen LogP contribution in [0.3, 0.4) is 0 Å². The van der Waals surface area contributed by atoms with E-state index in [2.05, 4.69) is 28.6 Å². The molecule has 19 heavy (non-hydrogen) atoms. The van der Waals surface area contributed by atoms with E-state index in [0.29, 0.717) is 5.13 Å². The number of nitrogens with zero attached hydrogens (tertiary/aromatic N) is 1. The number of aromatic nitrogens is 1. The smallest absolute Gasteiger partial charge is 0.248 e. The van der Waals surface area contributed by atoms with E-state index in [-0.39, 0.29) is 11.9 Å². The van der Waals surface area contributed by atoms with E-state index in [1.807, 2.05) is 31.4 Å². The summed E-state index contributed by atoms with van der Waals surface area (Å²) >= 11 is 1.41. The molecule has 0 radical (unpaired) electrons. The van der Waals surface area contributed by atoms with Crippen molar-refractivity contribution in [3.63, 3.8) is 0 Å². The van der Waals surface area contributed by atoms with Crippen LogP contribution in [-0.2, 0) is 4.79 Å². The lowest BCUT2D eigenvalue weighted by Crippen LogP contribution is -2.32. The second-order valence-electron chi connectivity index (χ2n) is 4.44. The van der Waals surface area contributed by atoms with E-state index in [4.69, 9.17) is 0 Å². The van der Waals surface area contributed by atoms with Crippen LogP contribution in [0, 0.1) is 13.8 Å². The predicted molar refractivity (Wildman–Crippen MR) is 79.7 cm³/mol. The summed E-state index contributed by atoms with van der Waals surface area (Å²) in [5.41, 5.74) is 3.36. The third-order valence-electron chi connectivity index (χ3n) is 3.03. The third kappa shape index (κ3) is 3.32. The SMILES string of the molecule is Cc1cccc(NC(C)C(=O)Nc2nccs2)c1C. The number of carbonyl (C=O) groups excluding carboxylic acids is 1. The van der Waals surface area contributed by atoms with Gasteiger partial charge in [-0.2, -0.15) is 0 Å². The Morgan fingerprint density at radius 1 is 1.37 bits per heavy atom. The second-order valence-corrected chi connectivity index (χ2v) is 5.33. The molecular formula is C14H17N3OS. The van der Waals surface area contributed by atoms with Gasteiger partial charge in [0.15, 0.2) is 5.13 Å². The molecule has 2 N–H and O–H groups in total. The van der Waals surface area contributed by atoms with Gasteiger partial charge in [-0.05, 0) is 38.0 Å². The molecule has 1 unspecified atom stereocenters. The number of hydrogen-bond acceptors (Lipinski definition) is 4. The molecular weight excluding hydrogens is 258 g/mol. The van der Waals surface area contributed by atoms with Crippen molar-refractivity contribution in [1.82, 2.24) is 4.98 Å². The van der Waals surface area contributed by atoms with Gasteiger partial charge in [-0.15, -0.1) is 11.3 Å². The Morgan fingerprint density at radius 2 is 2.16 bits per heavy atom. The summed E-state index contributed by atoms with van der Waals surface area (Å²) in [6.45, 7) is 5.94. The van der Waals surface area contributed by atoms with Crippen molar-refractivity contribution in [1.29, 1.82) is 0 Å². The standard InChI is InChI=1S/C14H17N3OS/c1-9-5-4-6-12(10(9)2)16-11(3)13(18)17-14-15-7-8-19-14/h4-8,11,16H,1-3H3,(H,15,17,18). The minimum absolute atomic E-state index is 0.0872. The number of rotatable bonds is 4. The molecule has 0 aliphatic carbocycles. The first kappa shape index (κ1) is 13.5. The average molecular weight is 275 g/mol. The van der Waals surface area contributed by atoms with Gasteiger partial charge in [-0.25, -0.2) is 4.98 Å². The molecule has 2 aromatic rings. The van der Waals surface area contributed by atoms with Gasteiger partial charge in [0.25, 0.3) is 0 Å². The maximum Gasteiger partial charge on any atom is 0.248 e. The largest absolute Gasteiger partial charge is 0.374 e. The van der Waals surface area contributed by atoms with E-state index in [0.717, 1.165) is 11.3 Å². The molecule has 0 spiro atoms. The molecule has 1 heterocycles. The molecule has 0 saturated carbocycles. The van der Waals surface area contributed by atoms with Gasteiger partial charge in [0.1, 0.15) is 6.04 Å². The van der Waals surface area contributed by atoms with Crippen LogP contribution < -0.4 is 10.6 Å². The van der Waals surface area contributed by atoms with Crippen molar-refractivity contribution in [2.75, 3.05) is 10.6 Å². The minimum Gasteiger partial charge on any atom is -0.374 e. The van der Waals surface area contributed by atoms with Gasteiger partial charge >= 0.3 is 0 Å². The number of benzene rings is 1. The van der Waals surface area contributed by atoms with Crippen molar-refractivity contribution in [2.45, 2.75) is 26.8 Å². The molecule has 5 heteroatoms. The fourth-order valence-electron chi connectivity index (χ4n) is 1.71. The molecule has 1 amide bonds. The van der Waals surface area contributed by atoms with Crippen LogP contribution in [0.15, 0.2) is 29.8 Å². The number of amides is 1. The van der Waals surface area contributed by atoms with E-state index in [1.165, 1.54) is 16.9 Å². The van der Waals surface area contributed by atoms with Crippen molar-refractivity contribution in [3.05, 3.63) is 40.9 Å². The quantitative estimate of drug-likeness (QED) is 0.901. The summed E-state index contributed by atoms with van der Waals surface area (Å²) in [5, 5.41) is 8.47. The Labute approximate surface area is 116 Å². The fourth-order valence-corrected chi connectivity index (χ4v) is 2.24. The van der Waals surface area contributed by atoms with Gasteiger partial charge in [-0.3, -0.25) is 4.79 Å². The number of thiazole rings is 1. The normalized spacial score (nSPS) is 11.9. The highest BCUT2D eigenvalue weighted by Gasteiger charge is 2.14. The highest BCUT2D eigenvalue weighted by atomic mass is 32.1. The van der Waals surface area contributed by atoms with Gasteiger partial charge in [-0.1, -0.05) is 12.1 Å². The predicted octanol–water partition coefficient (Wildman–Crippen LogP) is 3.20. The summed E-state index contributed by atoms with van der Waals surface area (Å²) in [6, 6.07) is 5.70. The maximum absolute atomic E-state index is 12.0. The molecule has 0 bridgehead atoms. The zero-order valence-corrected chi connectivity index (χ0v) is 12.0. The lowest BCUT2D eigenvalue weighted by Gasteiger charge is -2.17. The number of anilines is 2. The van der Waals surface area contributed by atoms with Gasteiger partial charge in [0.05, 0.1) is 0 Å². The minimum atomic E-state index is -0.315. The third-order valence-corrected chi connectivity index (χ3v) is 3.72. The Hall–Kier alpha value is -1.88. The molecule has 0 saturated heterocycles. The Bertz CT molecular complexity index is 566. The topological polar surface area (TPSA) is 54.0 Å². The fraction of sp³-hybridized carbons (Fsp3) is 0.286. The lowest BCUT2D eigenvalue weighted by atomic mass is 10.1. The monoisotopic (exact) mass is 275 g/mol. The summed E-state index contributed by atoms with van der Waals surface area (Å²) in [5.74, 6) is -0.0872.